The summed E-state index contributed by atoms with van der Waals surface area (Å²) in [6.07, 6.45) is 0.818. The van der Waals surface area contributed by atoms with E-state index in [1.165, 1.54) is 12.1 Å². The van der Waals surface area contributed by atoms with Gasteiger partial charge in [0.1, 0.15) is 11.6 Å². The van der Waals surface area contributed by atoms with Crippen molar-refractivity contribution in [3.8, 4) is 5.75 Å². The topological polar surface area (TPSA) is 26.3 Å². The second-order valence-electron chi connectivity index (χ2n) is 4.74. The summed E-state index contributed by atoms with van der Waals surface area (Å²) in [6.45, 7) is 2.37. The van der Waals surface area contributed by atoms with E-state index in [-0.39, 0.29) is 5.78 Å². The Labute approximate surface area is 110 Å². The zero-order chi connectivity index (χ0) is 13.4. The number of fused-ring (bicyclic) bond motifs is 1. The SMILES string of the molecule is Cc1cc(F)cc(C(=O)c2cccc3c2OCC3)c1. The third-order valence-electron chi connectivity index (χ3n) is 3.26. The lowest BCUT2D eigenvalue weighted by molar-refractivity contribution is 0.103. The molecule has 0 saturated carbocycles. The smallest absolute Gasteiger partial charge is 0.196 e. The number of rotatable bonds is 2. The van der Waals surface area contributed by atoms with Crippen LogP contribution in [0.4, 0.5) is 4.39 Å². The number of benzene rings is 2. The quantitative estimate of drug-likeness (QED) is 0.771. The van der Waals surface area contributed by atoms with Gasteiger partial charge < -0.3 is 4.74 Å². The van der Waals surface area contributed by atoms with E-state index < -0.39 is 5.82 Å². The van der Waals surface area contributed by atoms with Gasteiger partial charge in [-0.3, -0.25) is 4.79 Å². The molecule has 3 rings (SSSR count). The molecule has 1 heterocycles. The van der Waals surface area contributed by atoms with Crippen LogP contribution in [0.3, 0.4) is 0 Å². The molecule has 0 fully saturated rings. The minimum absolute atomic E-state index is 0.193. The number of ketones is 1. The lowest BCUT2D eigenvalue weighted by Gasteiger charge is -2.08. The maximum absolute atomic E-state index is 13.4. The van der Waals surface area contributed by atoms with Crippen molar-refractivity contribution in [3.05, 3.63) is 64.5 Å². The molecular formula is C16H13FO2. The first kappa shape index (κ1) is 11.9. The van der Waals surface area contributed by atoms with Gasteiger partial charge in [-0.15, -0.1) is 0 Å². The maximum Gasteiger partial charge on any atom is 0.196 e. The lowest BCUT2D eigenvalue weighted by atomic mass is 9.98. The molecule has 0 bridgehead atoms. The van der Waals surface area contributed by atoms with Gasteiger partial charge in [0.15, 0.2) is 5.78 Å². The molecular weight excluding hydrogens is 243 g/mol. The minimum Gasteiger partial charge on any atom is -0.492 e. The number of hydrogen-bond acceptors (Lipinski definition) is 2. The van der Waals surface area contributed by atoms with Crippen molar-refractivity contribution in [1.82, 2.24) is 0 Å². The van der Waals surface area contributed by atoms with Crippen LogP contribution in [0.25, 0.3) is 0 Å². The van der Waals surface area contributed by atoms with Gasteiger partial charge in [-0.2, -0.15) is 0 Å². The van der Waals surface area contributed by atoms with Crippen LogP contribution >= 0.6 is 0 Å². The number of hydrogen-bond donors (Lipinski definition) is 0. The molecule has 0 unspecified atom stereocenters. The fourth-order valence-corrected chi connectivity index (χ4v) is 2.42. The van der Waals surface area contributed by atoms with Crippen LogP contribution in [-0.4, -0.2) is 12.4 Å². The first-order valence-electron chi connectivity index (χ1n) is 6.22. The van der Waals surface area contributed by atoms with Crippen LogP contribution in [0.1, 0.15) is 27.0 Å². The molecule has 0 amide bonds. The van der Waals surface area contributed by atoms with Crippen LogP contribution in [0.5, 0.6) is 5.75 Å². The summed E-state index contributed by atoms with van der Waals surface area (Å²) in [5.41, 5.74) is 2.65. The van der Waals surface area contributed by atoms with Crippen molar-refractivity contribution in [2.75, 3.05) is 6.61 Å². The van der Waals surface area contributed by atoms with Crippen LogP contribution in [0.15, 0.2) is 36.4 Å². The van der Waals surface area contributed by atoms with Crippen molar-refractivity contribution in [3.63, 3.8) is 0 Å². The number of ether oxygens (including phenoxy) is 1. The average Bonchev–Trinajstić information content (AvgIpc) is 2.84. The Bertz CT molecular complexity index is 642. The predicted octanol–water partition coefficient (Wildman–Crippen LogP) is 3.30. The number of halogens is 1. The minimum atomic E-state index is -0.392. The molecule has 0 aromatic heterocycles. The first-order valence-corrected chi connectivity index (χ1v) is 6.22. The van der Waals surface area contributed by atoms with Gasteiger partial charge >= 0.3 is 0 Å². The molecule has 0 aliphatic carbocycles. The van der Waals surface area contributed by atoms with Gasteiger partial charge in [0.2, 0.25) is 0 Å². The van der Waals surface area contributed by atoms with Gasteiger partial charge in [-0.25, -0.2) is 4.39 Å². The molecule has 0 saturated heterocycles. The fourth-order valence-electron chi connectivity index (χ4n) is 2.42. The molecule has 0 N–H and O–H groups in total. The van der Waals surface area contributed by atoms with Gasteiger partial charge in [0.25, 0.3) is 0 Å². The Hall–Kier alpha value is -2.16. The molecule has 1 aliphatic rings. The van der Waals surface area contributed by atoms with E-state index in [1.54, 1.807) is 19.1 Å². The summed E-state index contributed by atoms with van der Waals surface area (Å²) in [4.78, 5) is 12.5. The Kier molecular flexibility index (Phi) is 2.82. The molecule has 0 spiro atoms. The predicted molar refractivity (Wildman–Crippen MR) is 70.2 cm³/mol. The van der Waals surface area contributed by atoms with Crippen LogP contribution in [0.2, 0.25) is 0 Å². The van der Waals surface area contributed by atoms with Crippen LogP contribution < -0.4 is 4.74 Å². The molecule has 3 heteroatoms. The molecule has 96 valence electrons. The highest BCUT2D eigenvalue weighted by atomic mass is 19.1. The molecule has 2 aromatic carbocycles. The van der Waals surface area contributed by atoms with Crippen molar-refractivity contribution < 1.29 is 13.9 Å². The average molecular weight is 256 g/mol. The van der Waals surface area contributed by atoms with Gasteiger partial charge in [-0.1, -0.05) is 12.1 Å². The Morgan fingerprint density at radius 1 is 1.26 bits per heavy atom. The monoisotopic (exact) mass is 256 g/mol. The normalized spacial score (nSPS) is 12.9. The number of carbonyl (C=O) groups is 1. The standard InChI is InChI=1S/C16H13FO2/c1-10-7-12(9-13(17)8-10)15(18)14-4-2-3-11-5-6-19-16(11)14/h2-4,7-9H,5-6H2,1H3. The van der Waals surface area contributed by atoms with E-state index in [1.807, 2.05) is 12.1 Å². The summed E-state index contributed by atoms with van der Waals surface area (Å²) in [5.74, 6) is 0.0626. The van der Waals surface area contributed by atoms with Crippen LogP contribution in [0, 0.1) is 12.7 Å². The molecule has 19 heavy (non-hydrogen) atoms. The third kappa shape index (κ3) is 2.12. The molecule has 1 aliphatic heterocycles. The van der Waals surface area contributed by atoms with Crippen molar-refractivity contribution >= 4 is 5.78 Å². The second-order valence-corrected chi connectivity index (χ2v) is 4.74. The van der Waals surface area contributed by atoms with Crippen molar-refractivity contribution in [1.29, 1.82) is 0 Å². The van der Waals surface area contributed by atoms with E-state index in [4.69, 9.17) is 4.74 Å². The number of carbonyl (C=O) groups excluding carboxylic acids is 1. The molecule has 0 radical (unpaired) electrons. The van der Waals surface area contributed by atoms with Gasteiger partial charge in [-0.05, 0) is 42.3 Å². The fraction of sp³-hybridized carbons (Fsp3) is 0.188. The van der Waals surface area contributed by atoms with E-state index in [9.17, 15) is 9.18 Å². The van der Waals surface area contributed by atoms with E-state index in [0.717, 1.165) is 17.5 Å². The Morgan fingerprint density at radius 3 is 2.89 bits per heavy atom. The molecule has 2 nitrogen and oxygen atoms in total. The van der Waals surface area contributed by atoms with Gasteiger partial charge in [0, 0.05) is 12.0 Å². The second kappa shape index (κ2) is 4.50. The zero-order valence-electron chi connectivity index (χ0n) is 10.6. The van der Waals surface area contributed by atoms with Gasteiger partial charge in [0.05, 0.1) is 12.2 Å². The Balaban J connectivity index is 2.07. The largest absolute Gasteiger partial charge is 0.492 e. The first-order chi connectivity index (χ1) is 9.15. The highest BCUT2D eigenvalue weighted by Gasteiger charge is 2.21. The highest BCUT2D eigenvalue weighted by Crippen LogP contribution is 2.31. The highest BCUT2D eigenvalue weighted by molar-refractivity contribution is 6.11. The Morgan fingerprint density at radius 2 is 2.11 bits per heavy atom. The summed E-state index contributed by atoms with van der Waals surface area (Å²) in [5, 5.41) is 0. The lowest BCUT2D eigenvalue weighted by Crippen LogP contribution is -2.04. The van der Waals surface area contributed by atoms with E-state index in [0.29, 0.717) is 23.5 Å². The summed E-state index contributed by atoms with van der Waals surface area (Å²) in [6, 6.07) is 9.89. The number of aryl methyl sites for hydroxylation is 1. The number of para-hydroxylation sites is 1. The summed E-state index contributed by atoms with van der Waals surface area (Å²) >= 11 is 0. The van der Waals surface area contributed by atoms with Crippen molar-refractivity contribution in [2.24, 2.45) is 0 Å². The molecule has 0 atom stereocenters. The molecule has 2 aromatic rings. The summed E-state index contributed by atoms with van der Waals surface area (Å²) < 4.78 is 18.9. The summed E-state index contributed by atoms with van der Waals surface area (Å²) in [7, 11) is 0. The van der Waals surface area contributed by atoms with Crippen molar-refractivity contribution in [2.45, 2.75) is 13.3 Å². The van der Waals surface area contributed by atoms with E-state index in [2.05, 4.69) is 0 Å². The maximum atomic E-state index is 13.4. The zero-order valence-corrected chi connectivity index (χ0v) is 10.6. The third-order valence-corrected chi connectivity index (χ3v) is 3.26. The van der Waals surface area contributed by atoms with Crippen LogP contribution in [-0.2, 0) is 6.42 Å². The van der Waals surface area contributed by atoms with E-state index >= 15 is 0 Å².